The van der Waals surface area contributed by atoms with Crippen molar-refractivity contribution in [3.63, 3.8) is 0 Å². The molecular weight excluding hydrogens is 368 g/mol. The van der Waals surface area contributed by atoms with Crippen molar-refractivity contribution >= 4 is 35.5 Å². The van der Waals surface area contributed by atoms with Crippen LogP contribution in [-0.2, 0) is 4.79 Å². The molecule has 10 heteroatoms. The number of hydrogen-bond acceptors (Lipinski definition) is 6. The van der Waals surface area contributed by atoms with Crippen LogP contribution < -0.4 is 10.6 Å². The number of aliphatic carboxylic acids is 1. The summed E-state index contributed by atoms with van der Waals surface area (Å²) in [6.07, 6.45) is 0. The zero-order valence-electron chi connectivity index (χ0n) is 14.2. The first-order chi connectivity index (χ1) is 12.9. The van der Waals surface area contributed by atoms with Crippen molar-refractivity contribution in [3.8, 4) is 5.69 Å². The molecule has 4 N–H and O–H groups in total. The van der Waals surface area contributed by atoms with Gasteiger partial charge in [-0.25, -0.2) is 4.68 Å². The number of carboxylic acid groups (broad SMARTS) is 1. The number of anilines is 2. The van der Waals surface area contributed by atoms with Crippen LogP contribution in [0.5, 0.6) is 0 Å². The van der Waals surface area contributed by atoms with Crippen molar-refractivity contribution in [2.45, 2.75) is 13.0 Å². The number of nitrogens with zero attached hydrogens (tertiary/aromatic N) is 3. The summed E-state index contributed by atoms with van der Waals surface area (Å²) < 4.78 is 1.77. The van der Waals surface area contributed by atoms with Gasteiger partial charge in [-0.1, -0.05) is 22.4 Å². The van der Waals surface area contributed by atoms with Crippen LogP contribution in [0.1, 0.15) is 17.3 Å². The Balaban J connectivity index is 1.77. The van der Waals surface area contributed by atoms with Crippen molar-refractivity contribution in [2.24, 2.45) is 0 Å². The molecule has 0 fully saturated rings. The van der Waals surface area contributed by atoms with Gasteiger partial charge in [0.25, 0.3) is 5.91 Å². The number of tetrazole rings is 1. The van der Waals surface area contributed by atoms with E-state index in [1.54, 1.807) is 48.5 Å². The summed E-state index contributed by atoms with van der Waals surface area (Å²) in [7, 11) is 0. The Kier molecular flexibility index (Phi) is 5.27. The Morgan fingerprint density at radius 2 is 1.93 bits per heavy atom. The molecule has 27 heavy (non-hydrogen) atoms. The van der Waals surface area contributed by atoms with E-state index in [0.29, 0.717) is 22.6 Å². The summed E-state index contributed by atoms with van der Waals surface area (Å²) in [6, 6.07) is 12.9. The average molecular weight is 384 g/mol. The normalized spacial score (nSPS) is 11.6. The van der Waals surface area contributed by atoms with Crippen molar-refractivity contribution in [3.05, 3.63) is 58.9 Å². The largest absolute Gasteiger partial charge is 0.480 e. The van der Waals surface area contributed by atoms with Crippen LogP contribution in [0.3, 0.4) is 0 Å². The number of amides is 1. The van der Waals surface area contributed by atoms with Gasteiger partial charge in [-0.05, 0) is 55.5 Å². The topological polar surface area (TPSA) is 125 Å². The number of benzene rings is 2. The summed E-state index contributed by atoms with van der Waals surface area (Å²) in [5, 5.41) is 24.6. The minimum atomic E-state index is -0.978. The van der Waals surface area contributed by atoms with Crippen LogP contribution in [0, 0.1) is 4.77 Å². The summed E-state index contributed by atoms with van der Waals surface area (Å²) in [5.74, 6) is -1.31. The lowest BCUT2D eigenvalue weighted by molar-refractivity contribution is -0.137. The highest BCUT2D eigenvalue weighted by atomic mass is 32.1. The fourth-order valence-corrected chi connectivity index (χ4v) is 2.54. The van der Waals surface area contributed by atoms with Gasteiger partial charge >= 0.3 is 5.97 Å². The first-order valence-electron chi connectivity index (χ1n) is 7.95. The van der Waals surface area contributed by atoms with Gasteiger partial charge in [0.2, 0.25) is 4.77 Å². The number of carboxylic acids is 1. The van der Waals surface area contributed by atoms with Crippen LogP contribution >= 0.6 is 12.2 Å². The third-order valence-corrected chi connectivity index (χ3v) is 3.98. The van der Waals surface area contributed by atoms with Gasteiger partial charge in [-0.3, -0.25) is 9.59 Å². The summed E-state index contributed by atoms with van der Waals surface area (Å²) in [4.78, 5) is 23.5. The Labute approximate surface area is 159 Å². The van der Waals surface area contributed by atoms with E-state index in [0.717, 1.165) is 0 Å². The maximum absolute atomic E-state index is 12.5. The number of nitrogens with one attached hydrogen (secondary N) is 3. The Bertz CT molecular complexity index is 1040. The van der Waals surface area contributed by atoms with E-state index in [1.165, 1.54) is 11.6 Å². The average Bonchev–Trinajstić information content (AvgIpc) is 3.08. The Hall–Kier alpha value is -3.53. The smallest absolute Gasteiger partial charge is 0.325 e. The van der Waals surface area contributed by atoms with E-state index in [2.05, 4.69) is 26.2 Å². The molecule has 0 aliphatic rings. The summed E-state index contributed by atoms with van der Waals surface area (Å²) in [6.45, 7) is 1.52. The van der Waals surface area contributed by atoms with Gasteiger partial charge in [-0.15, -0.1) is 0 Å². The molecule has 2 aromatic carbocycles. The summed E-state index contributed by atoms with van der Waals surface area (Å²) >= 11 is 5.06. The van der Waals surface area contributed by atoms with E-state index in [4.69, 9.17) is 17.3 Å². The lowest BCUT2D eigenvalue weighted by Gasteiger charge is -2.12. The second kappa shape index (κ2) is 7.79. The fraction of sp³-hybridized carbons (Fsp3) is 0.118. The molecular formula is C17H16N6O3S. The minimum Gasteiger partial charge on any atom is -0.480 e. The van der Waals surface area contributed by atoms with Gasteiger partial charge in [-0.2, -0.15) is 5.21 Å². The van der Waals surface area contributed by atoms with Crippen LogP contribution in [0.25, 0.3) is 5.69 Å². The first-order valence-corrected chi connectivity index (χ1v) is 8.36. The molecule has 1 aromatic heterocycles. The van der Waals surface area contributed by atoms with Crippen LogP contribution in [0.2, 0.25) is 0 Å². The van der Waals surface area contributed by atoms with E-state index in [9.17, 15) is 9.59 Å². The Morgan fingerprint density at radius 1 is 1.19 bits per heavy atom. The van der Waals surface area contributed by atoms with Gasteiger partial charge in [0.05, 0.1) is 5.69 Å². The zero-order chi connectivity index (χ0) is 19.4. The molecule has 1 atom stereocenters. The Morgan fingerprint density at radius 3 is 2.63 bits per heavy atom. The predicted octanol–water partition coefficient (Wildman–Crippen LogP) is 2.46. The molecule has 1 amide bonds. The highest BCUT2D eigenvalue weighted by Crippen LogP contribution is 2.17. The van der Waals surface area contributed by atoms with Crippen molar-refractivity contribution in [1.29, 1.82) is 0 Å². The lowest BCUT2D eigenvalue weighted by Crippen LogP contribution is -2.25. The van der Waals surface area contributed by atoms with Crippen molar-refractivity contribution in [1.82, 2.24) is 20.2 Å². The number of carbonyl (C=O) groups is 2. The SMILES string of the molecule is CC(Nc1cccc(C(=O)Nc2cccc(-n3[nH]nnc3=S)c2)c1)C(=O)O. The highest BCUT2D eigenvalue weighted by Gasteiger charge is 2.12. The zero-order valence-corrected chi connectivity index (χ0v) is 15.0. The molecule has 9 nitrogen and oxygen atoms in total. The van der Waals surface area contributed by atoms with E-state index >= 15 is 0 Å². The molecule has 1 unspecified atom stereocenters. The third-order valence-electron chi connectivity index (χ3n) is 3.71. The first kappa shape index (κ1) is 18.3. The molecule has 0 radical (unpaired) electrons. The number of hydrogen-bond donors (Lipinski definition) is 4. The maximum atomic E-state index is 12.5. The molecule has 0 saturated carbocycles. The second-order valence-electron chi connectivity index (χ2n) is 5.71. The number of rotatable bonds is 6. The molecule has 138 valence electrons. The van der Waals surface area contributed by atoms with E-state index in [-0.39, 0.29) is 10.7 Å². The molecule has 0 bridgehead atoms. The predicted molar refractivity (Wildman–Crippen MR) is 102 cm³/mol. The quantitative estimate of drug-likeness (QED) is 0.481. The van der Waals surface area contributed by atoms with Crippen LogP contribution in [-0.4, -0.2) is 43.2 Å². The van der Waals surface area contributed by atoms with Gasteiger partial charge in [0.15, 0.2) is 0 Å². The molecule has 3 rings (SSSR count). The lowest BCUT2D eigenvalue weighted by atomic mass is 10.1. The van der Waals surface area contributed by atoms with E-state index < -0.39 is 12.0 Å². The fourth-order valence-electron chi connectivity index (χ4n) is 2.35. The molecule has 0 aliphatic heterocycles. The standard InChI is InChI=1S/C17H16N6O3S/c1-10(16(25)26)18-12-5-2-4-11(8-12)15(24)19-13-6-3-7-14(9-13)23-17(27)20-21-22-23/h2-10,18H,1H3,(H,19,24)(H,25,26)(H,20,22,27). The second-order valence-corrected chi connectivity index (χ2v) is 6.07. The minimum absolute atomic E-state index is 0.268. The number of aromatic nitrogens is 4. The molecule has 0 saturated heterocycles. The summed E-state index contributed by atoms with van der Waals surface area (Å²) in [5.41, 5.74) is 2.17. The van der Waals surface area contributed by atoms with E-state index in [1.807, 2.05) is 0 Å². The number of H-pyrrole nitrogens is 1. The number of carbonyl (C=O) groups excluding carboxylic acids is 1. The molecule has 1 heterocycles. The molecule has 0 spiro atoms. The third kappa shape index (κ3) is 4.36. The van der Waals surface area contributed by atoms with Crippen molar-refractivity contribution in [2.75, 3.05) is 10.6 Å². The van der Waals surface area contributed by atoms with Crippen LogP contribution in [0.4, 0.5) is 11.4 Å². The molecule has 3 aromatic rings. The number of aromatic amines is 1. The monoisotopic (exact) mass is 384 g/mol. The van der Waals surface area contributed by atoms with Gasteiger partial charge in [0, 0.05) is 16.9 Å². The molecule has 0 aliphatic carbocycles. The van der Waals surface area contributed by atoms with Crippen molar-refractivity contribution < 1.29 is 14.7 Å². The van der Waals surface area contributed by atoms with Gasteiger partial charge in [0.1, 0.15) is 6.04 Å². The maximum Gasteiger partial charge on any atom is 0.325 e. The highest BCUT2D eigenvalue weighted by molar-refractivity contribution is 7.71. The van der Waals surface area contributed by atoms with Gasteiger partial charge < -0.3 is 15.7 Å². The van der Waals surface area contributed by atoms with Crippen LogP contribution in [0.15, 0.2) is 48.5 Å².